The average molecular weight is 667 g/mol. The topological polar surface area (TPSA) is 243 Å². The molecular weight excluding hydrogens is 616 g/mol. The lowest BCUT2D eigenvalue weighted by Gasteiger charge is -2.27. The summed E-state index contributed by atoms with van der Waals surface area (Å²) in [6, 6.07) is 0.274. The number of carbonyl (C=O) groups is 6. The molecule has 0 saturated carbocycles. The first kappa shape index (κ1) is 40.2. The Morgan fingerprint density at radius 1 is 0.739 bits per heavy atom. The molecule has 14 nitrogen and oxygen atoms in total. The largest absolute Gasteiger partial charge is 0.508 e. The van der Waals surface area contributed by atoms with Gasteiger partial charge in [-0.2, -0.15) is 11.8 Å². The zero-order valence-corrected chi connectivity index (χ0v) is 28.0. The van der Waals surface area contributed by atoms with Crippen LogP contribution in [0.5, 0.6) is 5.75 Å². The Hall–Kier alpha value is -3.85. The fourth-order valence-electron chi connectivity index (χ4n) is 4.54. The smallest absolute Gasteiger partial charge is 0.326 e. The molecule has 0 bridgehead atoms. The van der Waals surface area contributed by atoms with Crippen molar-refractivity contribution >= 4 is 47.3 Å². The summed E-state index contributed by atoms with van der Waals surface area (Å²) in [6.07, 6.45) is 2.02. The van der Waals surface area contributed by atoms with E-state index in [9.17, 15) is 39.0 Å². The second-order valence-corrected chi connectivity index (χ2v) is 13.1. The fraction of sp³-hybridized carbons (Fsp3) is 0.613. The summed E-state index contributed by atoms with van der Waals surface area (Å²) < 4.78 is 0. The van der Waals surface area contributed by atoms with Crippen LogP contribution < -0.4 is 32.7 Å². The highest BCUT2D eigenvalue weighted by Gasteiger charge is 2.32. The summed E-state index contributed by atoms with van der Waals surface area (Å²) in [7, 11) is 0. The molecule has 0 aliphatic carbocycles. The molecule has 1 aromatic rings. The summed E-state index contributed by atoms with van der Waals surface area (Å²) in [5, 5.41) is 29.5. The maximum Gasteiger partial charge on any atom is 0.326 e. The number of hydrogen-bond acceptors (Lipinski definition) is 9. The van der Waals surface area contributed by atoms with Gasteiger partial charge in [0.25, 0.3) is 0 Å². The Morgan fingerprint density at radius 3 is 1.70 bits per heavy atom. The van der Waals surface area contributed by atoms with Crippen molar-refractivity contribution < 1.29 is 39.0 Å². The van der Waals surface area contributed by atoms with E-state index in [1.807, 2.05) is 27.7 Å². The molecule has 5 atom stereocenters. The van der Waals surface area contributed by atoms with Gasteiger partial charge in [0, 0.05) is 12.8 Å². The van der Waals surface area contributed by atoms with Gasteiger partial charge in [0.2, 0.25) is 29.5 Å². The number of aromatic hydroxyl groups is 1. The quantitative estimate of drug-likeness (QED) is 0.0897. The van der Waals surface area contributed by atoms with Crippen molar-refractivity contribution in [2.75, 3.05) is 12.0 Å². The van der Waals surface area contributed by atoms with Crippen molar-refractivity contribution in [3.8, 4) is 5.75 Å². The van der Waals surface area contributed by atoms with Gasteiger partial charge in [0.15, 0.2) is 0 Å². The van der Waals surface area contributed by atoms with Gasteiger partial charge in [-0.25, -0.2) is 4.79 Å². The standard InChI is InChI=1S/C31H50N6O8S/c1-17(2)14-21(32)27(40)36-24(16-19-6-8-20(38)9-7-19)30(43)34-22(10-11-26(33)39)28(41)35-23(12-13-46-5)29(42)37-25(31(44)45)15-18(3)4/h6-9,17-18,21-25,38H,10-16,32H2,1-5H3,(H2,33,39)(H,34,43)(H,35,41)(H,36,40)(H,37,42)(H,44,45)/t21-,22-,23-,24-,25-/m0/s1. The van der Waals surface area contributed by atoms with Crippen molar-refractivity contribution in [3.63, 3.8) is 0 Å². The van der Waals surface area contributed by atoms with Gasteiger partial charge < -0.3 is 42.9 Å². The molecule has 258 valence electrons. The van der Waals surface area contributed by atoms with E-state index in [0.717, 1.165) is 0 Å². The number of phenolic OH excluding ortho intramolecular Hbond substituents is 1. The molecule has 0 aromatic heterocycles. The number of carboxylic acids is 1. The highest BCUT2D eigenvalue weighted by atomic mass is 32.2. The third kappa shape index (κ3) is 15.4. The maximum absolute atomic E-state index is 13.6. The first-order chi connectivity index (χ1) is 21.5. The van der Waals surface area contributed by atoms with Crippen LogP contribution in [0.25, 0.3) is 0 Å². The van der Waals surface area contributed by atoms with Crippen LogP contribution in [-0.2, 0) is 35.2 Å². The van der Waals surface area contributed by atoms with Crippen LogP contribution in [0.4, 0.5) is 0 Å². The number of thioether (sulfide) groups is 1. The third-order valence-electron chi connectivity index (χ3n) is 6.95. The molecule has 0 spiro atoms. The molecule has 1 rings (SSSR count). The van der Waals surface area contributed by atoms with Crippen LogP contribution in [0, 0.1) is 11.8 Å². The number of nitrogens with two attached hydrogens (primary N) is 2. The van der Waals surface area contributed by atoms with Gasteiger partial charge in [0.05, 0.1) is 6.04 Å². The van der Waals surface area contributed by atoms with Gasteiger partial charge in [-0.1, -0.05) is 39.8 Å². The zero-order chi connectivity index (χ0) is 35.0. The van der Waals surface area contributed by atoms with E-state index < -0.39 is 65.7 Å². The van der Waals surface area contributed by atoms with Gasteiger partial charge in [-0.15, -0.1) is 0 Å². The first-order valence-electron chi connectivity index (χ1n) is 15.3. The predicted molar refractivity (Wildman–Crippen MR) is 175 cm³/mol. The van der Waals surface area contributed by atoms with Crippen LogP contribution in [0.1, 0.15) is 65.4 Å². The number of nitrogens with one attached hydrogen (secondary N) is 4. The Morgan fingerprint density at radius 2 is 1.22 bits per heavy atom. The molecule has 15 heteroatoms. The predicted octanol–water partition coefficient (Wildman–Crippen LogP) is 0.397. The number of rotatable bonds is 21. The lowest BCUT2D eigenvalue weighted by molar-refractivity contribution is -0.142. The summed E-state index contributed by atoms with van der Waals surface area (Å²) in [4.78, 5) is 76.6. The molecule has 0 heterocycles. The van der Waals surface area contributed by atoms with Crippen molar-refractivity contribution in [3.05, 3.63) is 29.8 Å². The van der Waals surface area contributed by atoms with E-state index in [2.05, 4.69) is 21.3 Å². The number of carbonyl (C=O) groups excluding carboxylic acids is 5. The summed E-state index contributed by atoms with van der Waals surface area (Å²) in [5.74, 6) is -4.21. The summed E-state index contributed by atoms with van der Waals surface area (Å²) in [5.41, 5.74) is 12.0. The summed E-state index contributed by atoms with van der Waals surface area (Å²) in [6.45, 7) is 7.43. The molecule has 0 fully saturated rings. The van der Waals surface area contributed by atoms with E-state index in [-0.39, 0.29) is 49.7 Å². The van der Waals surface area contributed by atoms with Crippen LogP contribution in [0.2, 0.25) is 0 Å². The van der Waals surface area contributed by atoms with Crippen LogP contribution in [0.3, 0.4) is 0 Å². The minimum Gasteiger partial charge on any atom is -0.508 e. The normalized spacial score (nSPS) is 14.4. The second kappa shape index (κ2) is 20.3. The van der Waals surface area contributed by atoms with Crippen molar-refractivity contribution in [2.45, 2.75) is 96.4 Å². The van der Waals surface area contributed by atoms with Gasteiger partial charge in [0.1, 0.15) is 29.9 Å². The summed E-state index contributed by atoms with van der Waals surface area (Å²) >= 11 is 1.42. The minimum absolute atomic E-state index is 0.00914. The Bertz CT molecular complexity index is 1180. The van der Waals surface area contributed by atoms with Crippen molar-refractivity contribution in [1.82, 2.24) is 21.3 Å². The van der Waals surface area contributed by atoms with E-state index in [1.165, 1.54) is 23.9 Å². The molecule has 0 aliphatic heterocycles. The molecule has 0 radical (unpaired) electrons. The van der Waals surface area contributed by atoms with Crippen molar-refractivity contribution in [1.29, 1.82) is 0 Å². The second-order valence-electron chi connectivity index (χ2n) is 12.1. The lowest BCUT2D eigenvalue weighted by atomic mass is 10.0. The minimum atomic E-state index is -1.33. The first-order valence-corrected chi connectivity index (χ1v) is 16.7. The number of carboxylic acid groups (broad SMARTS) is 1. The van der Waals surface area contributed by atoms with Crippen LogP contribution in [0.15, 0.2) is 24.3 Å². The molecule has 0 aliphatic rings. The Balaban J connectivity index is 3.27. The van der Waals surface area contributed by atoms with E-state index >= 15 is 0 Å². The SMILES string of the molecule is CSCC[C@H](NC(=O)[C@H](CCC(N)=O)NC(=O)[C@H](Cc1ccc(O)cc1)NC(=O)[C@@H](N)CC(C)C)C(=O)N[C@@H](CC(C)C)C(=O)O. The highest BCUT2D eigenvalue weighted by molar-refractivity contribution is 7.98. The number of benzene rings is 1. The lowest BCUT2D eigenvalue weighted by Crippen LogP contribution is -2.59. The fourth-order valence-corrected chi connectivity index (χ4v) is 5.01. The molecule has 5 amide bonds. The van der Waals surface area contributed by atoms with Gasteiger partial charge in [-0.05, 0) is 67.2 Å². The van der Waals surface area contributed by atoms with Gasteiger partial charge in [-0.3, -0.25) is 24.0 Å². The van der Waals surface area contributed by atoms with Crippen LogP contribution >= 0.6 is 11.8 Å². The van der Waals surface area contributed by atoms with Gasteiger partial charge >= 0.3 is 5.97 Å². The molecule has 1 aromatic carbocycles. The number of hydrogen-bond donors (Lipinski definition) is 8. The van der Waals surface area contributed by atoms with Crippen molar-refractivity contribution in [2.24, 2.45) is 23.3 Å². The number of amides is 5. The molecule has 46 heavy (non-hydrogen) atoms. The molecular formula is C31H50N6O8S. The third-order valence-corrected chi connectivity index (χ3v) is 7.59. The Labute approximate surface area is 274 Å². The van der Waals surface area contributed by atoms with E-state index in [1.54, 1.807) is 18.4 Å². The van der Waals surface area contributed by atoms with E-state index in [4.69, 9.17) is 11.5 Å². The molecule has 0 unspecified atom stereocenters. The number of aliphatic carboxylic acids is 1. The number of phenols is 1. The number of primary amides is 1. The highest BCUT2D eigenvalue weighted by Crippen LogP contribution is 2.13. The molecule has 10 N–H and O–H groups in total. The average Bonchev–Trinajstić information content (AvgIpc) is 2.96. The van der Waals surface area contributed by atoms with E-state index in [0.29, 0.717) is 17.7 Å². The molecule has 0 saturated heterocycles. The Kier molecular flexibility index (Phi) is 17.7. The zero-order valence-electron chi connectivity index (χ0n) is 27.2. The maximum atomic E-state index is 13.6. The monoisotopic (exact) mass is 666 g/mol. The van der Waals surface area contributed by atoms with Crippen LogP contribution in [-0.4, -0.2) is 87.9 Å².